The monoisotopic (exact) mass is 244 g/mol. The topological polar surface area (TPSA) is 38.9 Å². The second-order valence-corrected chi connectivity index (χ2v) is 4.91. The molecule has 0 saturated heterocycles. The summed E-state index contributed by atoms with van der Waals surface area (Å²) in [4.78, 5) is 4.45. The fraction of sp³-hybridized carbons (Fsp3) is 0.214. The number of hydrogen-bond donors (Lipinski definition) is 1. The Morgan fingerprint density at radius 2 is 1.94 bits per heavy atom. The highest BCUT2D eigenvalue weighted by Gasteiger charge is 2.02. The second-order valence-electron chi connectivity index (χ2n) is 3.94. The number of nitrogens with zero attached hydrogens (tertiary/aromatic N) is 1. The van der Waals surface area contributed by atoms with Gasteiger partial charge in [0, 0.05) is 18.5 Å². The largest absolute Gasteiger partial charge is 0.326 e. The molecule has 3 heteroatoms. The molecule has 0 fully saturated rings. The van der Waals surface area contributed by atoms with Crippen LogP contribution >= 0.6 is 11.8 Å². The number of aromatic nitrogens is 1. The standard InChI is InChI=1S/C14H16N2S/c1-11-7-13(8-15)9-16-14(11)17-10-12-5-3-2-4-6-12/h2-7,9H,8,10,15H2,1H3. The first kappa shape index (κ1) is 12.1. The fourth-order valence-corrected chi connectivity index (χ4v) is 2.52. The molecule has 2 N–H and O–H groups in total. The third-order valence-corrected chi connectivity index (χ3v) is 3.72. The van der Waals surface area contributed by atoms with E-state index in [1.165, 1.54) is 11.1 Å². The van der Waals surface area contributed by atoms with Gasteiger partial charge in [-0.1, -0.05) is 36.4 Å². The molecule has 88 valence electrons. The van der Waals surface area contributed by atoms with E-state index in [0.717, 1.165) is 16.3 Å². The second kappa shape index (κ2) is 5.84. The van der Waals surface area contributed by atoms with Gasteiger partial charge in [-0.3, -0.25) is 0 Å². The number of rotatable bonds is 4. The lowest BCUT2D eigenvalue weighted by atomic mass is 10.2. The first-order valence-electron chi connectivity index (χ1n) is 5.62. The molecule has 0 amide bonds. The van der Waals surface area contributed by atoms with E-state index >= 15 is 0 Å². The van der Waals surface area contributed by atoms with Crippen LogP contribution in [0.5, 0.6) is 0 Å². The first-order chi connectivity index (χ1) is 8.29. The summed E-state index contributed by atoms with van der Waals surface area (Å²) in [6.07, 6.45) is 1.86. The third-order valence-electron chi connectivity index (χ3n) is 2.54. The van der Waals surface area contributed by atoms with Crippen LogP contribution in [0.3, 0.4) is 0 Å². The lowest BCUT2D eigenvalue weighted by Gasteiger charge is -2.06. The predicted molar refractivity (Wildman–Crippen MR) is 72.9 cm³/mol. The molecule has 0 radical (unpaired) electrons. The van der Waals surface area contributed by atoms with Gasteiger partial charge in [-0.15, -0.1) is 11.8 Å². The molecule has 1 aromatic heterocycles. The van der Waals surface area contributed by atoms with Crippen LogP contribution in [0.4, 0.5) is 0 Å². The van der Waals surface area contributed by atoms with Crippen LogP contribution < -0.4 is 5.73 Å². The molecule has 1 aromatic carbocycles. The Balaban J connectivity index is 2.04. The van der Waals surface area contributed by atoms with Gasteiger partial charge >= 0.3 is 0 Å². The number of benzene rings is 1. The van der Waals surface area contributed by atoms with Gasteiger partial charge in [0.25, 0.3) is 0 Å². The maximum absolute atomic E-state index is 5.59. The number of thioether (sulfide) groups is 1. The van der Waals surface area contributed by atoms with Crippen molar-refractivity contribution in [2.45, 2.75) is 24.2 Å². The summed E-state index contributed by atoms with van der Waals surface area (Å²) in [6.45, 7) is 2.64. The molecule has 0 bridgehead atoms. The van der Waals surface area contributed by atoms with Crippen LogP contribution in [-0.2, 0) is 12.3 Å². The van der Waals surface area contributed by atoms with E-state index < -0.39 is 0 Å². The summed E-state index contributed by atoms with van der Waals surface area (Å²) in [5.41, 5.74) is 9.20. The van der Waals surface area contributed by atoms with Crippen LogP contribution in [0.1, 0.15) is 16.7 Å². The minimum atomic E-state index is 0.553. The Bertz CT molecular complexity index is 483. The maximum Gasteiger partial charge on any atom is 0.0992 e. The Kier molecular flexibility index (Phi) is 4.18. The third kappa shape index (κ3) is 3.32. The van der Waals surface area contributed by atoms with Gasteiger partial charge in [0.15, 0.2) is 0 Å². The number of nitrogens with two attached hydrogens (primary N) is 1. The summed E-state index contributed by atoms with van der Waals surface area (Å²) < 4.78 is 0. The summed E-state index contributed by atoms with van der Waals surface area (Å²) in [5.74, 6) is 0.955. The molecular weight excluding hydrogens is 228 g/mol. The van der Waals surface area contributed by atoms with E-state index in [1.807, 2.05) is 12.3 Å². The van der Waals surface area contributed by atoms with Crippen molar-refractivity contribution in [3.8, 4) is 0 Å². The zero-order valence-electron chi connectivity index (χ0n) is 9.89. The van der Waals surface area contributed by atoms with Crippen molar-refractivity contribution in [3.05, 3.63) is 59.3 Å². The van der Waals surface area contributed by atoms with Gasteiger partial charge in [0.05, 0.1) is 5.03 Å². The maximum atomic E-state index is 5.59. The number of hydrogen-bond acceptors (Lipinski definition) is 3. The normalized spacial score (nSPS) is 10.5. The summed E-state index contributed by atoms with van der Waals surface area (Å²) >= 11 is 1.77. The summed E-state index contributed by atoms with van der Waals surface area (Å²) in [7, 11) is 0. The molecule has 0 aliphatic carbocycles. The van der Waals surface area contributed by atoms with Crippen LogP contribution in [-0.4, -0.2) is 4.98 Å². The Morgan fingerprint density at radius 1 is 1.18 bits per heavy atom. The quantitative estimate of drug-likeness (QED) is 0.840. The average molecular weight is 244 g/mol. The van der Waals surface area contributed by atoms with Crippen molar-refractivity contribution < 1.29 is 0 Å². The molecular formula is C14H16N2S. The molecule has 0 spiro atoms. The zero-order valence-corrected chi connectivity index (χ0v) is 10.7. The zero-order chi connectivity index (χ0) is 12.1. The van der Waals surface area contributed by atoms with E-state index in [4.69, 9.17) is 5.73 Å². The number of aryl methyl sites for hydroxylation is 1. The summed E-state index contributed by atoms with van der Waals surface area (Å²) in [6, 6.07) is 12.5. The van der Waals surface area contributed by atoms with Crippen LogP contribution in [0.25, 0.3) is 0 Å². The van der Waals surface area contributed by atoms with Gasteiger partial charge in [-0.25, -0.2) is 4.98 Å². The van der Waals surface area contributed by atoms with Crippen LogP contribution in [0.15, 0.2) is 47.6 Å². The smallest absolute Gasteiger partial charge is 0.0992 e. The molecule has 2 nitrogen and oxygen atoms in total. The Labute approximate surface area is 106 Å². The van der Waals surface area contributed by atoms with E-state index in [1.54, 1.807) is 11.8 Å². The van der Waals surface area contributed by atoms with Crippen molar-refractivity contribution in [1.29, 1.82) is 0 Å². The minimum absolute atomic E-state index is 0.553. The molecule has 0 atom stereocenters. The van der Waals surface area contributed by atoms with Crippen molar-refractivity contribution >= 4 is 11.8 Å². The van der Waals surface area contributed by atoms with Gasteiger partial charge < -0.3 is 5.73 Å². The van der Waals surface area contributed by atoms with E-state index in [2.05, 4.69) is 42.2 Å². The van der Waals surface area contributed by atoms with Crippen LogP contribution in [0, 0.1) is 6.92 Å². The van der Waals surface area contributed by atoms with E-state index in [0.29, 0.717) is 6.54 Å². The lowest BCUT2D eigenvalue weighted by Crippen LogP contribution is -1.98. The molecule has 0 unspecified atom stereocenters. The fourth-order valence-electron chi connectivity index (χ4n) is 1.61. The minimum Gasteiger partial charge on any atom is -0.326 e. The highest BCUT2D eigenvalue weighted by Crippen LogP contribution is 2.24. The molecule has 17 heavy (non-hydrogen) atoms. The average Bonchev–Trinajstić information content (AvgIpc) is 2.38. The molecule has 1 heterocycles. The van der Waals surface area contributed by atoms with Gasteiger partial charge in [-0.2, -0.15) is 0 Å². The van der Waals surface area contributed by atoms with Gasteiger partial charge in [-0.05, 0) is 23.6 Å². The Morgan fingerprint density at radius 3 is 2.59 bits per heavy atom. The number of pyridine rings is 1. The lowest BCUT2D eigenvalue weighted by molar-refractivity contribution is 0.988. The SMILES string of the molecule is Cc1cc(CN)cnc1SCc1ccccc1. The van der Waals surface area contributed by atoms with E-state index in [9.17, 15) is 0 Å². The Hall–Kier alpha value is -1.32. The van der Waals surface area contributed by atoms with Crippen LogP contribution in [0.2, 0.25) is 0 Å². The molecule has 0 saturated carbocycles. The highest BCUT2D eigenvalue weighted by molar-refractivity contribution is 7.98. The molecule has 2 aromatic rings. The summed E-state index contributed by atoms with van der Waals surface area (Å²) in [5, 5.41) is 1.09. The molecule has 0 aliphatic heterocycles. The molecule has 0 aliphatic rings. The van der Waals surface area contributed by atoms with E-state index in [-0.39, 0.29) is 0 Å². The van der Waals surface area contributed by atoms with Gasteiger partial charge in [0.1, 0.15) is 0 Å². The highest BCUT2D eigenvalue weighted by atomic mass is 32.2. The van der Waals surface area contributed by atoms with Gasteiger partial charge in [0.2, 0.25) is 0 Å². The predicted octanol–water partition coefficient (Wildman–Crippen LogP) is 3.14. The van der Waals surface area contributed by atoms with Crippen molar-refractivity contribution in [1.82, 2.24) is 4.98 Å². The first-order valence-corrected chi connectivity index (χ1v) is 6.60. The van der Waals surface area contributed by atoms with Crippen molar-refractivity contribution in [3.63, 3.8) is 0 Å². The van der Waals surface area contributed by atoms with Crippen molar-refractivity contribution in [2.24, 2.45) is 5.73 Å². The van der Waals surface area contributed by atoms with Crippen molar-refractivity contribution in [2.75, 3.05) is 0 Å². The molecule has 2 rings (SSSR count).